The van der Waals surface area contributed by atoms with E-state index in [1.54, 1.807) is 0 Å². The van der Waals surface area contributed by atoms with Crippen molar-refractivity contribution in [3.63, 3.8) is 0 Å². The van der Waals surface area contributed by atoms with Crippen LogP contribution in [0.3, 0.4) is 0 Å². The van der Waals surface area contributed by atoms with E-state index in [0.29, 0.717) is 0 Å². The van der Waals surface area contributed by atoms with Crippen molar-refractivity contribution < 1.29 is 9.59 Å². The van der Waals surface area contributed by atoms with E-state index in [1.807, 2.05) is 27.7 Å². The Morgan fingerprint density at radius 2 is 0.938 bits per heavy atom. The number of alkyl halides is 3. The van der Waals surface area contributed by atoms with Gasteiger partial charge >= 0.3 is 0 Å². The lowest BCUT2D eigenvalue weighted by atomic mass is 9.64. The van der Waals surface area contributed by atoms with Crippen molar-refractivity contribution in [3.05, 3.63) is 0 Å². The molecule has 0 saturated carbocycles. The zero-order valence-electron chi connectivity index (χ0n) is 10.5. The molecule has 0 fully saturated rings. The molecule has 0 atom stereocenters. The summed E-state index contributed by atoms with van der Waals surface area (Å²) in [5.74, 6) is 0.116. The molecule has 0 bridgehead atoms. The Bertz CT molecular complexity index is 231. The molecule has 0 unspecified atom stereocenters. The van der Waals surface area contributed by atoms with Gasteiger partial charge in [-0.1, -0.05) is 95.5 Å². The minimum absolute atomic E-state index is 0.0581. The van der Waals surface area contributed by atoms with E-state index in [-0.39, 0.29) is 11.6 Å². The molecule has 0 radical (unpaired) electrons. The van der Waals surface area contributed by atoms with Gasteiger partial charge < -0.3 is 0 Å². The molecular weight excluding hydrogens is 545 g/mol. The first-order valence-electron chi connectivity index (χ1n) is 4.81. The van der Waals surface area contributed by atoms with Gasteiger partial charge in [-0.2, -0.15) is 0 Å². The normalized spacial score (nSPS) is 11.9. The second-order valence-corrected chi connectivity index (χ2v) is 15.5. The molecule has 0 aliphatic heterocycles. The molecule has 0 amide bonds. The zero-order valence-corrected chi connectivity index (χ0v) is 17.0. The van der Waals surface area contributed by atoms with Gasteiger partial charge in [0.1, 0.15) is 11.5 Å². The van der Waals surface area contributed by atoms with Crippen LogP contribution in [-0.4, -0.2) is 11.5 Å². The minimum atomic E-state index is -0.571. The topological polar surface area (TPSA) is 34.1 Å². The molecule has 0 aromatic rings. The van der Waals surface area contributed by atoms with Gasteiger partial charge in [0.25, 0.3) is 0 Å². The Morgan fingerprint density at radius 3 is 1.00 bits per heavy atom. The van der Waals surface area contributed by atoms with Crippen molar-refractivity contribution in [1.29, 1.82) is 0 Å². The number of hydrogen-bond acceptors (Lipinski definition) is 2. The highest BCUT2D eigenvalue weighted by Gasteiger charge is 2.43. The van der Waals surface area contributed by atoms with Crippen LogP contribution in [0.15, 0.2) is 0 Å². The maximum atomic E-state index is 11.3. The predicted octanol–water partition coefficient (Wildman–Crippen LogP) is 4.79. The second-order valence-electron chi connectivity index (χ2n) is 4.61. The number of Topliss-reactive ketones (excluding diaryl/α,β-unsaturated/α-hetero) is 2. The summed E-state index contributed by atoms with van der Waals surface area (Å²) in [6.45, 7) is 10.3. The number of ketones is 2. The van der Waals surface area contributed by atoms with E-state index in [0.717, 1.165) is -0.0619 Å². The molecule has 0 aromatic carbocycles. The average Bonchev–Trinajstić information content (AvgIpc) is 2.01. The Labute approximate surface area is 140 Å². The van der Waals surface area contributed by atoms with Gasteiger partial charge in [-0.05, 0) is 13.8 Å². The van der Waals surface area contributed by atoms with Gasteiger partial charge in [-0.25, -0.2) is 0 Å². The van der Waals surface area contributed by atoms with Gasteiger partial charge in [0.2, 0.25) is 0 Å². The monoisotopic (exact) mass is 564 g/mol. The van der Waals surface area contributed by atoms with Crippen LogP contribution in [-0.2, 0) is 9.59 Å². The molecule has 0 spiro atoms. The summed E-state index contributed by atoms with van der Waals surface area (Å²) >= 11 is 6.95. The van der Waals surface area contributed by atoms with Crippen LogP contribution in [0.2, 0.25) is 0 Å². The average molecular weight is 564 g/mol. The minimum Gasteiger partial charge on any atom is -0.299 e. The van der Waals surface area contributed by atoms with Gasteiger partial charge in [-0.15, -0.1) is 0 Å². The number of halogens is 3. The quantitative estimate of drug-likeness (QED) is 0.365. The summed E-state index contributed by atoms with van der Waals surface area (Å²) in [6.07, 6.45) is 0. The van der Waals surface area contributed by atoms with Crippen LogP contribution in [0.25, 0.3) is 0 Å². The summed E-state index contributed by atoms with van der Waals surface area (Å²) < 4.78 is 0.743. The first-order valence-corrected chi connectivity index (χ1v) is 8.55. The summed E-state index contributed by atoms with van der Waals surface area (Å²) in [5.41, 5.74) is -1.14. The number of rotatable bonds is 3. The lowest BCUT2D eigenvalue weighted by molar-refractivity contribution is -0.141. The molecule has 16 heavy (non-hydrogen) atoms. The molecule has 0 rings (SSSR count). The molecule has 0 heterocycles. The fourth-order valence-electron chi connectivity index (χ4n) is 0.880. The predicted molar refractivity (Wildman–Crippen MR) is 94.8 cm³/mol. The van der Waals surface area contributed by atoms with E-state index < -0.39 is 10.8 Å². The summed E-state index contributed by atoms with van der Waals surface area (Å²) in [7, 11) is 0. The Kier molecular flexibility index (Phi) is 9.75. The zero-order chi connectivity index (χ0) is 13.7. The molecule has 0 N–H and O–H groups in total. The Hall–Kier alpha value is 1.53. The van der Waals surface area contributed by atoms with E-state index in [4.69, 9.17) is 0 Å². The van der Waals surface area contributed by atoms with Crippen LogP contribution in [0.4, 0.5) is 0 Å². The van der Waals surface area contributed by atoms with Crippen LogP contribution in [0, 0.1) is 10.8 Å². The molecule has 96 valence electrons. The first kappa shape index (κ1) is 19.9. The summed E-state index contributed by atoms with van der Waals surface area (Å²) in [4.78, 5) is 22.5. The van der Waals surface area contributed by atoms with E-state index in [9.17, 15) is 9.59 Å². The maximum Gasteiger partial charge on any atom is 0.136 e. The van der Waals surface area contributed by atoms with Gasteiger partial charge in [-0.3, -0.25) is 9.59 Å². The second kappa shape index (κ2) is 7.85. The number of carbonyl (C=O) groups is 2. The van der Waals surface area contributed by atoms with E-state index in [2.05, 4.69) is 67.8 Å². The fraction of sp³-hybridized carbons (Fsp3) is 0.818. The largest absolute Gasteiger partial charge is 0.299 e. The van der Waals surface area contributed by atoms with Crippen LogP contribution in [0.1, 0.15) is 41.5 Å². The third-order valence-electron chi connectivity index (χ3n) is 3.32. The fourth-order valence-corrected chi connectivity index (χ4v) is 0.880. The van der Waals surface area contributed by atoms with Crippen molar-refractivity contribution in [2.24, 2.45) is 10.8 Å². The van der Waals surface area contributed by atoms with Gasteiger partial charge in [0.15, 0.2) is 0 Å². The van der Waals surface area contributed by atoms with E-state index in [1.165, 1.54) is 13.8 Å². The van der Waals surface area contributed by atoms with Crippen molar-refractivity contribution in [3.8, 4) is 0 Å². The van der Waals surface area contributed by atoms with E-state index >= 15 is 0 Å². The van der Waals surface area contributed by atoms with Gasteiger partial charge in [0, 0.05) is 10.8 Å². The number of carbonyl (C=O) groups excluding carboxylic acids is 2. The van der Waals surface area contributed by atoms with Crippen LogP contribution < -0.4 is 0 Å². The Balaban J connectivity index is 0. The van der Waals surface area contributed by atoms with Crippen molar-refractivity contribution in [2.45, 2.75) is 41.5 Å². The lowest BCUT2D eigenvalue weighted by Crippen LogP contribution is -2.43. The Morgan fingerprint density at radius 1 is 0.812 bits per heavy atom. The highest BCUT2D eigenvalue weighted by molar-refractivity contribution is 14.3. The third kappa shape index (κ3) is 6.46. The molecule has 2 nitrogen and oxygen atoms in total. The highest BCUT2D eigenvalue weighted by atomic mass is 127. The SMILES string of the molecule is CC(=O)C(C)(C)C(C)(C)C(C)=O.IC(I)I. The van der Waals surface area contributed by atoms with Crippen LogP contribution >= 0.6 is 67.8 Å². The maximum absolute atomic E-state index is 11.3. The lowest BCUT2D eigenvalue weighted by Gasteiger charge is -2.37. The molecule has 0 aromatic heterocycles. The van der Waals surface area contributed by atoms with Crippen molar-refractivity contribution in [2.75, 3.05) is 0 Å². The molecule has 0 saturated heterocycles. The summed E-state index contributed by atoms with van der Waals surface area (Å²) in [5, 5.41) is 0. The van der Waals surface area contributed by atoms with Gasteiger partial charge in [0.05, 0.1) is 0 Å². The first-order chi connectivity index (χ1) is 6.87. The highest BCUT2D eigenvalue weighted by Crippen LogP contribution is 2.39. The van der Waals surface area contributed by atoms with Crippen molar-refractivity contribution >= 4 is 79.3 Å². The molecule has 0 aliphatic rings. The van der Waals surface area contributed by atoms with Crippen molar-refractivity contribution in [1.82, 2.24) is 0 Å². The summed E-state index contributed by atoms with van der Waals surface area (Å²) in [6, 6.07) is 0. The standard InChI is InChI=1S/C10H18O2.CHI3/c1-7(11)9(3,4)10(5,6)8(2)12;2-1(3)4/h1-6H3;1H. The molecule has 0 aliphatic carbocycles. The third-order valence-corrected chi connectivity index (χ3v) is 3.32. The molecular formula is C11H19I3O2. The molecule has 5 heteroatoms. The number of hydrogen-bond donors (Lipinski definition) is 0. The smallest absolute Gasteiger partial charge is 0.136 e. The van der Waals surface area contributed by atoms with Crippen LogP contribution in [0.5, 0.6) is 0 Å².